The Morgan fingerprint density at radius 1 is 1.12 bits per heavy atom. The number of urea groups is 1. The van der Waals surface area contributed by atoms with E-state index in [9.17, 15) is 9.59 Å². The first-order valence-electron chi connectivity index (χ1n) is 7.58. The van der Waals surface area contributed by atoms with Gasteiger partial charge in [0.2, 0.25) is 5.91 Å². The van der Waals surface area contributed by atoms with Crippen molar-refractivity contribution < 1.29 is 9.59 Å². The fourth-order valence-electron chi connectivity index (χ4n) is 2.11. The monoisotopic (exact) mass is 374 g/mol. The first-order chi connectivity index (χ1) is 12.0. The summed E-state index contributed by atoms with van der Waals surface area (Å²) in [7, 11) is 0. The molecule has 0 atom stereocenters. The number of para-hydroxylation sites is 1. The van der Waals surface area contributed by atoms with E-state index < -0.39 is 6.03 Å². The molecule has 6 nitrogen and oxygen atoms in total. The summed E-state index contributed by atoms with van der Waals surface area (Å²) in [5.41, 5.74) is 1.82. The number of nitrogens with one attached hydrogen (secondary N) is 3. The summed E-state index contributed by atoms with van der Waals surface area (Å²) in [6.45, 7) is 1.78. The maximum atomic E-state index is 12.1. The Bertz CT molecular complexity index is 941. The van der Waals surface area contributed by atoms with Gasteiger partial charge in [-0.05, 0) is 30.3 Å². The molecule has 0 bridgehead atoms. The number of aromatic nitrogens is 1. The maximum absolute atomic E-state index is 12.1. The molecule has 0 saturated heterocycles. The van der Waals surface area contributed by atoms with Crippen molar-refractivity contribution in [3.05, 3.63) is 47.5 Å². The lowest BCUT2D eigenvalue weighted by atomic mass is 10.3. The summed E-state index contributed by atoms with van der Waals surface area (Å²) in [6.07, 6.45) is 0.394. The van der Waals surface area contributed by atoms with Crippen molar-refractivity contribution in [1.82, 2.24) is 4.98 Å². The molecule has 3 amide bonds. The number of thiazole rings is 1. The quantitative estimate of drug-likeness (QED) is 0.604. The minimum atomic E-state index is -0.401. The second-order valence-electron chi connectivity index (χ2n) is 5.16. The zero-order valence-corrected chi connectivity index (χ0v) is 14.9. The number of rotatable bonds is 4. The van der Waals surface area contributed by atoms with Crippen molar-refractivity contribution in [1.29, 1.82) is 0 Å². The van der Waals surface area contributed by atoms with Crippen LogP contribution in [0.4, 0.5) is 21.3 Å². The van der Waals surface area contributed by atoms with Crippen LogP contribution in [0.25, 0.3) is 10.2 Å². The average Bonchev–Trinajstić information content (AvgIpc) is 2.98. The molecule has 128 valence electrons. The van der Waals surface area contributed by atoms with Crippen LogP contribution >= 0.6 is 22.9 Å². The molecule has 0 fully saturated rings. The zero-order chi connectivity index (χ0) is 17.8. The third kappa shape index (κ3) is 4.26. The van der Waals surface area contributed by atoms with E-state index in [4.69, 9.17) is 11.6 Å². The molecule has 0 aliphatic rings. The molecule has 2 aromatic carbocycles. The van der Waals surface area contributed by atoms with Gasteiger partial charge in [0.15, 0.2) is 5.13 Å². The lowest BCUT2D eigenvalue weighted by Gasteiger charge is -2.08. The highest BCUT2D eigenvalue weighted by molar-refractivity contribution is 7.22. The lowest BCUT2D eigenvalue weighted by molar-refractivity contribution is -0.115. The van der Waals surface area contributed by atoms with E-state index >= 15 is 0 Å². The number of anilines is 3. The van der Waals surface area contributed by atoms with Crippen molar-refractivity contribution in [2.45, 2.75) is 13.3 Å². The number of carbonyl (C=O) groups is 2. The second kappa shape index (κ2) is 7.50. The van der Waals surface area contributed by atoms with E-state index in [0.717, 1.165) is 4.70 Å². The average molecular weight is 375 g/mol. The van der Waals surface area contributed by atoms with Gasteiger partial charge in [0.05, 0.1) is 20.9 Å². The molecule has 0 unspecified atom stereocenters. The Hall–Kier alpha value is -2.64. The Labute approximate surface area is 153 Å². The number of carbonyl (C=O) groups excluding carboxylic acids is 2. The van der Waals surface area contributed by atoms with Crippen LogP contribution in [0.5, 0.6) is 0 Å². The van der Waals surface area contributed by atoms with E-state index in [-0.39, 0.29) is 5.91 Å². The summed E-state index contributed by atoms with van der Waals surface area (Å²) < 4.78 is 0.920. The lowest BCUT2D eigenvalue weighted by Crippen LogP contribution is -2.19. The molecule has 8 heteroatoms. The Balaban J connectivity index is 1.72. The van der Waals surface area contributed by atoms with Gasteiger partial charge in [0, 0.05) is 12.1 Å². The molecule has 3 aromatic rings. The minimum Gasteiger partial charge on any atom is -0.308 e. The van der Waals surface area contributed by atoms with Crippen LogP contribution in [0.1, 0.15) is 13.3 Å². The zero-order valence-electron chi connectivity index (χ0n) is 13.3. The molecule has 1 heterocycles. The minimum absolute atomic E-state index is 0.0866. The topological polar surface area (TPSA) is 83.1 Å². The SMILES string of the molecule is CCC(=O)Nc1nc2cc(NC(=O)Nc3ccccc3Cl)ccc2s1. The molecular weight excluding hydrogens is 360 g/mol. The van der Waals surface area contributed by atoms with Gasteiger partial charge in [-0.2, -0.15) is 0 Å². The van der Waals surface area contributed by atoms with Crippen LogP contribution in [0.3, 0.4) is 0 Å². The molecular formula is C17H15ClN4O2S. The number of hydrogen-bond acceptors (Lipinski definition) is 4. The van der Waals surface area contributed by atoms with Crippen molar-refractivity contribution in [2.24, 2.45) is 0 Å². The highest BCUT2D eigenvalue weighted by Gasteiger charge is 2.09. The van der Waals surface area contributed by atoms with Crippen LogP contribution < -0.4 is 16.0 Å². The van der Waals surface area contributed by atoms with Crippen molar-refractivity contribution >= 4 is 61.6 Å². The van der Waals surface area contributed by atoms with E-state index in [1.165, 1.54) is 11.3 Å². The number of amides is 3. The fourth-order valence-corrected chi connectivity index (χ4v) is 3.16. The molecule has 0 radical (unpaired) electrons. The summed E-state index contributed by atoms with van der Waals surface area (Å²) in [6, 6.07) is 12.0. The van der Waals surface area contributed by atoms with Crippen LogP contribution in [0, 0.1) is 0 Å². The predicted octanol–water partition coefficient (Wildman–Crippen LogP) is 4.94. The standard InChI is InChI=1S/C17H15ClN4O2S/c1-2-15(23)22-17-21-13-9-10(7-8-14(13)25-17)19-16(24)20-12-6-4-3-5-11(12)18/h3-9H,2H2,1H3,(H2,19,20,24)(H,21,22,23). The number of fused-ring (bicyclic) bond motifs is 1. The molecule has 25 heavy (non-hydrogen) atoms. The number of halogens is 1. The van der Waals surface area contributed by atoms with Crippen LogP contribution in [0.15, 0.2) is 42.5 Å². The molecule has 0 saturated carbocycles. The van der Waals surface area contributed by atoms with E-state index in [1.54, 1.807) is 43.3 Å². The van der Waals surface area contributed by atoms with Gasteiger partial charge in [-0.3, -0.25) is 4.79 Å². The third-order valence-corrected chi connectivity index (χ3v) is 4.62. The Kier molecular flexibility index (Phi) is 5.16. The summed E-state index contributed by atoms with van der Waals surface area (Å²) in [4.78, 5) is 27.9. The summed E-state index contributed by atoms with van der Waals surface area (Å²) in [5, 5.41) is 9.17. The predicted molar refractivity (Wildman–Crippen MR) is 103 cm³/mol. The second-order valence-corrected chi connectivity index (χ2v) is 6.60. The molecule has 0 aliphatic carbocycles. The third-order valence-electron chi connectivity index (χ3n) is 3.33. The maximum Gasteiger partial charge on any atom is 0.323 e. The van der Waals surface area contributed by atoms with E-state index in [1.807, 2.05) is 6.07 Å². The van der Waals surface area contributed by atoms with Crippen LogP contribution in [0.2, 0.25) is 5.02 Å². The van der Waals surface area contributed by atoms with E-state index in [0.29, 0.717) is 33.5 Å². The fraction of sp³-hybridized carbons (Fsp3) is 0.118. The normalized spacial score (nSPS) is 10.5. The van der Waals surface area contributed by atoms with Crippen molar-refractivity contribution in [3.63, 3.8) is 0 Å². The molecule has 0 spiro atoms. The van der Waals surface area contributed by atoms with Crippen LogP contribution in [-0.4, -0.2) is 16.9 Å². The summed E-state index contributed by atoms with van der Waals surface area (Å²) >= 11 is 7.40. The number of benzene rings is 2. The van der Waals surface area contributed by atoms with Gasteiger partial charge in [0.1, 0.15) is 0 Å². The van der Waals surface area contributed by atoms with Crippen LogP contribution in [-0.2, 0) is 4.79 Å². The number of hydrogen-bond donors (Lipinski definition) is 3. The van der Waals surface area contributed by atoms with Gasteiger partial charge in [0.25, 0.3) is 0 Å². The molecule has 1 aromatic heterocycles. The largest absolute Gasteiger partial charge is 0.323 e. The van der Waals surface area contributed by atoms with Gasteiger partial charge in [-0.1, -0.05) is 42.0 Å². The highest BCUT2D eigenvalue weighted by atomic mass is 35.5. The van der Waals surface area contributed by atoms with Gasteiger partial charge < -0.3 is 16.0 Å². The van der Waals surface area contributed by atoms with Gasteiger partial charge >= 0.3 is 6.03 Å². The number of nitrogens with zero attached hydrogens (tertiary/aromatic N) is 1. The molecule has 3 N–H and O–H groups in total. The molecule has 3 rings (SSSR count). The smallest absolute Gasteiger partial charge is 0.308 e. The first kappa shape index (κ1) is 17.2. The first-order valence-corrected chi connectivity index (χ1v) is 8.77. The highest BCUT2D eigenvalue weighted by Crippen LogP contribution is 2.28. The summed E-state index contributed by atoms with van der Waals surface area (Å²) in [5.74, 6) is -0.0866. The Morgan fingerprint density at radius 2 is 1.92 bits per heavy atom. The van der Waals surface area contributed by atoms with Crippen molar-refractivity contribution in [3.8, 4) is 0 Å². The molecule has 0 aliphatic heterocycles. The van der Waals surface area contributed by atoms with Gasteiger partial charge in [-0.15, -0.1) is 0 Å². The van der Waals surface area contributed by atoms with E-state index in [2.05, 4.69) is 20.9 Å². The van der Waals surface area contributed by atoms with Gasteiger partial charge in [-0.25, -0.2) is 9.78 Å². The van der Waals surface area contributed by atoms with Crippen molar-refractivity contribution in [2.75, 3.05) is 16.0 Å². The Morgan fingerprint density at radius 3 is 2.68 bits per heavy atom.